The first kappa shape index (κ1) is 14.6. The van der Waals surface area contributed by atoms with E-state index < -0.39 is 0 Å². The van der Waals surface area contributed by atoms with Gasteiger partial charge in [-0.15, -0.1) is 11.8 Å². The molecule has 1 heterocycles. The summed E-state index contributed by atoms with van der Waals surface area (Å²) >= 11 is 1.91. The van der Waals surface area contributed by atoms with Crippen molar-refractivity contribution in [1.82, 2.24) is 5.32 Å². The van der Waals surface area contributed by atoms with Crippen molar-refractivity contribution in [3.05, 3.63) is 24.2 Å². The highest BCUT2D eigenvalue weighted by Crippen LogP contribution is 2.17. The van der Waals surface area contributed by atoms with Crippen molar-refractivity contribution in [2.75, 3.05) is 26.3 Å². The maximum Gasteiger partial charge on any atom is 0.113 e. The molecule has 1 atom stereocenters. The molecule has 0 radical (unpaired) electrons. The second-order valence-corrected chi connectivity index (χ2v) is 5.38. The van der Waals surface area contributed by atoms with Crippen molar-refractivity contribution >= 4 is 11.8 Å². The highest BCUT2D eigenvalue weighted by atomic mass is 32.2. The Kier molecular flexibility index (Phi) is 8.22. The third-order valence-corrected chi connectivity index (χ3v) is 3.56. The third-order valence-electron chi connectivity index (χ3n) is 2.37. The predicted molar refractivity (Wildman–Crippen MR) is 73.4 cm³/mol. The molecule has 4 heteroatoms. The molecule has 0 aliphatic rings. The molecule has 0 amide bonds. The maximum atomic E-state index is 5.30. The van der Waals surface area contributed by atoms with Gasteiger partial charge in [0.2, 0.25) is 0 Å². The Hall–Kier alpha value is -0.450. The Morgan fingerprint density at radius 3 is 3.12 bits per heavy atom. The highest BCUT2D eigenvalue weighted by Gasteiger charge is 2.03. The van der Waals surface area contributed by atoms with E-state index in [1.54, 1.807) is 6.26 Å². The Balaban J connectivity index is 1.92. The summed E-state index contributed by atoms with van der Waals surface area (Å²) in [5.41, 5.74) is 0. The van der Waals surface area contributed by atoms with Gasteiger partial charge in [-0.3, -0.25) is 0 Å². The molecule has 0 aliphatic carbocycles. The number of rotatable bonds is 10. The van der Waals surface area contributed by atoms with E-state index in [1.165, 1.54) is 0 Å². The van der Waals surface area contributed by atoms with E-state index in [0.29, 0.717) is 5.25 Å². The lowest BCUT2D eigenvalue weighted by Crippen LogP contribution is -2.24. The summed E-state index contributed by atoms with van der Waals surface area (Å²) in [7, 11) is 0. The third kappa shape index (κ3) is 7.47. The van der Waals surface area contributed by atoms with Crippen LogP contribution in [-0.2, 0) is 10.5 Å². The molecule has 1 aromatic heterocycles. The second-order valence-electron chi connectivity index (χ2n) is 3.96. The Morgan fingerprint density at radius 1 is 1.53 bits per heavy atom. The van der Waals surface area contributed by atoms with Crippen molar-refractivity contribution in [2.24, 2.45) is 0 Å². The second kappa shape index (κ2) is 9.57. The van der Waals surface area contributed by atoms with Gasteiger partial charge in [-0.25, -0.2) is 0 Å². The quantitative estimate of drug-likeness (QED) is 0.654. The molecular formula is C13H23NO2S. The Morgan fingerprint density at radius 2 is 2.41 bits per heavy atom. The summed E-state index contributed by atoms with van der Waals surface area (Å²) in [5.74, 6) is 2.01. The van der Waals surface area contributed by atoms with Crippen LogP contribution < -0.4 is 5.32 Å². The van der Waals surface area contributed by atoms with E-state index in [-0.39, 0.29) is 0 Å². The first-order valence-corrected chi connectivity index (χ1v) is 7.30. The number of furan rings is 1. The molecule has 98 valence electrons. The minimum Gasteiger partial charge on any atom is -0.468 e. The van der Waals surface area contributed by atoms with Crippen molar-refractivity contribution in [3.8, 4) is 0 Å². The molecule has 17 heavy (non-hydrogen) atoms. The molecule has 0 aromatic carbocycles. The Bertz CT molecular complexity index is 264. The molecule has 3 nitrogen and oxygen atoms in total. The number of hydrogen-bond acceptors (Lipinski definition) is 4. The summed E-state index contributed by atoms with van der Waals surface area (Å²) in [6, 6.07) is 3.96. The number of thioether (sulfide) groups is 1. The van der Waals surface area contributed by atoms with Gasteiger partial charge in [-0.1, -0.05) is 6.92 Å². The van der Waals surface area contributed by atoms with E-state index in [1.807, 2.05) is 30.8 Å². The average molecular weight is 257 g/mol. The van der Waals surface area contributed by atoms with Crippen molar-refractivity contribution in [1.29, 1.82) is 0 Å². The van der Waals surface area contributed by atoms with Gasteiger partial charge in [0.05, 0.1) is 12.0 Å². The van der Waals surface area contributed by atoms with E-state index in [9.17, 15) is 0 Å². The summed E-state index contributed by atoms with van der Waals surface area (Å²) < 4.78 is 10.6. The molecule has 1 rings (SSSR count). The minimum absolute atomic E-state index is 0.604. The molecule has 1 unspecified atom stereocenters. The molecule has 1 N–H and O–H groups in total. The van der Waals surface area contributed by atoms with Crippen LogP contribution in [-0.4, -0.2) is 31.6 Å². The van der Waals surface area contributed by atoms with Crippen LogP contribution in [0.2, 0.25) is 0 Å². The standard InChI is InChI=1S/C13H23NO2S/c1-3-15-8-5-7-14-10-12(2)17-11-13-6-4-9-16-13/h4,6,9,12,14H,3,5,7-8,10-11H2,1-2H3. The highest BCUT2D eigenvalue weighted by molar-refractivity contribution is 7.99. The number of nitrogens with one attached hydrogen (secondary N) is 1. The Labute approximate surface area is 108 Å². The van der Waals surface area contributed by atoms with Crippen LogP contribution in [0, 0.1) is 0 Å². The SMILES string of the molecule is CCOCCCNCC(C)SCc1ccco1. The van der Waals surface area contributed by atoms with Gasteiger partial charge in [0.1, 0.15) is 5.76 Å². The first-order chi connectivity index (χ1) is 8.33. The largest absolute Gasteiger partial charge is 0.468 e. The van der Waals surface area contributed by atoms with Crippen LogP contribution in [0.1, 0.15) is 26.0 Å². The zero-order valence-corrected chi connectivity index (χ0v) is 11.6. The topological polar surface area (TPSA) is 34.4 Å². The summed E-state index contributed by atoms with van der Waals surface area (Å²) in [4.78, 5) is 0. The maximum absolute atomic E-state index is 5.30. The van der Waals surface area contributed by atoms with Gasteiger partial charge in [0.25, 0.3) is 0 Å². The zero-order chi connectivity index (χ0) is 12.3. The average Bonchev–Trinajstić information content (AvgIpc) is 2.84. The van der Waals surface area contributed by atoms with Crippen LogP contribution in [0.4, 0.5) is 0 Å². The van der Waals surface area contributed by atoms with Gasteiger partial charge < -0.3 is 14.5 Å². The lowest BCUT2D eigenvalue weighted by atomic mass is 10.4. The molecular weight excluding hydrogens is 234 g/mol. The molecule has 0 fully saturated rings. The van der Waals surface area contributed by atoms with E-state index in [0.717, 1.165) is 44.2 Å². The molecule has 0 saturated carbocycles. The number of ether oxygens (including phenoxy) is 1. The van der Waals surface area contributed by atoms with Gasteiger partial charge in [-0.2, -0.15) is 0 Å². The fourth-order valence-electron chi connectivity index (χ4n) is 1.43. The summed E-state index contributed by atoms with van der Waals surface area (Å²) in [6.45, 7) is 8.01. The lowest BCUT2D eigenvalue weighted by molar-refractivity contribution is 0.145. The predicted octanol–water partition coefficient (Wildman–Crippen LogP) is 2.92. The monoisotopic (exact) mass is 257 g/mol. The molecule has 0 saturated heterocycles. The van der Waals surface area contributed by atoms with Gasteiger partial charge in [-0.05, 0) is 32.0 Å². The van der Waals surface area contributed by atoms with Crippen LogP contribution >= 0.6 is 11.8 Å². The molecule has 1 aromatic rings. The van der Waals surface area contributed by atoms with Crippen molar-refractivity contribution < 1.29 is 9.15 Å². The smallest absolute Gasteiger partial charge is 0.113 e. The fraction of sp³-hybridized carbons (Fsp3) is 0.692. The molecule has 0 aliphatic heterocycles. The summed E-state index contributed by atoms with van der Waals surface area (Å²) in [6.07, 6.45) is 2.82. The molecule has 0 bridgehead atoms. The van der Waals surface area contributed by atoms with Crippen LogP contribution in [0.5, 0.6) is 0 Å². The summed E-state index contributed by atoms with van der Waals surface area (Å²) in [5, 5.41) is 4.05. The van der Waals surface area contributed by atoms with Crippen LogP contribution in [0.3, 0.4) is 0 Å². The lowest BCUT2D eigenvalue weighted by Gasteiger charge is -2.11. The van der Waals surface area contributed by atoms with Gasteiger partial charge in [0, 0.05) is 25.0 Å². The normalized spacial score (nSPS) is 12.8. The number of hydrogen-bond donors (Lipinski definition) is 1. The minimum atomic E-state index is 0.604. The van der Waals surface area contributed by atoms with Crippen LogP contribution in [0.15, 0.2) is 22.8 Å². The zero-order valence-electron chi connectivity index (χ0n) is 10.8. The fourth-order valence-corrected chi connectivity index (χ4v) is 2.28. The molecule has 0 spiro atoms. The van der Waals surface area contributed by atoms with Crippen LogP contribution in [0.25, 0.3) is 0 Å². The van der Waals surface area contributed by atoms with E-state index >= 15 is 0 Å². The van der Waals surface area contributed by atoms with Gasteiger partial charge in [0.15, 0.2) is 0 Å². The first-order valence-electron chi connectivity index (χ1n) is 6.25. The van der Waals surface area contributed by atoms with E-state index in [4.69, 9.17) is 9.15 Å². The van der Waals surface area contributed by atoms with Gasteiger partial charge >= 0.3 is 0 Å². The van der Waals surface area contributed by atoms with Crippen molar-refractivity contribution in [2.45, 2.75) is 31.3 Å². The van der Waals surface area contributed by atoms with E-state index in [2.05, 4.69) is 12.2 Å². The van der Waals surface area contributed by atoms with Crippen molar-refractivity contribution in [3.63, 3.8) is 0 Å².